The van der Waals surface area contributed by atoms with Gasteiger partial charge in [0.15, 0.2) is 11.5 Å². The van der Waals surface area contributed by atoms with Crippen molar-refractivity contribution in [3.8, 4) is 17.2 Å². The lowest BCUT2D eigenvalue weighted by atomic mass is 10.1. The maximum absolute atomic E-state index is 12.9. The molecule has 0 unspecified atom stereocenters. The van der Waals surface area contributed by atoms with E-state index in [1.165, 1.54) is 0 Å². The number of rotatable bonds is 2. The molecule has 136 valence electrons. The molecule has 0 saturated carbocycles. The van der Waals surface area contributed by atoms with Gasteiger partial charge in [-0.3, -0.25) is 4.79 Å². The summed E-state index contributed by atoms with van der Waals surface area (Å²) in [4.78, 5) is 17.0. The van der Waals surface area contributed by atoms with E-state index < -0.39 is 6.10 Å². The summed E-state index contributed by atoms with van der Waals surface area (Å²) in [6, 6.07) is 14.6. The number of carbonyl (C=O) groups is 1. The van der Waals surface area contributed by atoms with Crippen LogP contribution in [0.3, 0.4) is 0 Å². The first-order chi connectivity index (χ1) is 12.6. The molecule has 26 heavy (non-hydrogen) atoms. The predicted molar refractivity (Wildman–Crippen MR) is 97.8 cm³/mol. The lowest BCUT2D eigenvalue weighted by Gasteiger charge is -2.39. The summed E-state index contributed by atoms with van der Waals surface area (Å²) in [7, 11) is 0. The molecule has 1 N–H and O–H groups in total. The lowest BCUT2D eigenvalue weighted by Crippen LogP contribution is -2.56. The average molecular weight is 354 g/mol. The van der Waals surface area contributed by atoms with Gasteiger partial charge in [-0.2, -0.15) is 0 Å². The highest BCUT2D eigenvalue weighted by molar-refractivity contribution is 5.82. The van der Waals surface area contributed by atoms with Crippen molar-refractivity contribution < 1.29 is 19.4 Å². The number of hydrogen-bond acceptors (Lipinski definition) is 5. The van der Waals surface area contributed by atoms with Crippen molar-refractivity contribution in [2.75, 3.05) is 31.1 Å². The Morgan fingerprint density at radius 1 is 0.962 bits per heavy atom. The van der Waals surface area contributed by atoms with Crippen molar-refractivity contribution in [2.45, 2.75) is 19.1 Å². The van der Waals surface area contributed by atoms with Gasteiger partial charge in [0.1, 0.15) is 11.9 Å². The first kappa shape index (κ1) is 16.6. The van der Waals surface area contributed by atoms with Gasteiger partial charge in [-0.05, 0) is 43.3 Å². The summed E-state index contributed by atoms with van der Waals surface area (Å²) >= 11 is 0. The Bertz CT molecular complexity index is 785. The first-order valence-corrected chi connectivity index (χ1v) is 8.87. The molecule has 0 aliphatic carbocycles. The topological polar surface area (TPSA) is 62.2 Å². The highest BCUT2D eigenvalue weighted by Crippen LogP contribution is 2.34. The van der Waals surface area contributed by atoms with Gasteiger partial charge in [0, 0.05) is 31.9 Å². The largest absolute Gasteiger partial charge is 0.508 e. The number of phenols is 1. The number of hydrogen-bond donors (Lipinski definition) is 1. The fraction of sp³-hybridized carbons (Fsp3) is 0.350. The van der Waals surface area contributed by atoms with Crippen molar-refractivity contribution in [1.29, 1.82) is 0 Å². The van der Waals surface area contributed by atoms with Crippen LogP contribution in [0.2, 0.25) is 0 Å². The third-order valence-corrected chi connectivity index (χ3v) is 4.89. The van der Waals surface area contributed by atoms with Crippen LogP contribution in [0.5, 0.6) is 17.2 Å². The van der Waals surface area contributed by atoms with E-state index in [1.54, 1.807) is 12.1 Å². The van der Waals surface area contributed by atoms with Gasteiger partial charge in [0.2, 0.25) is 6.10 Å². The monoisotopic (exact) mass is 354 g/mol. The second-order valence-corrected chi connectivity index (χ2v) is 6.64. The van der Waals surface area contributed by atoms with E-state index in [4.69, 9.17) is 9.47 Å². The van der Waals surface area contributed by atoms with E-state index >= 15 is 0 Å². The third-order valence-electron chi connectivity index (χ3n) is 4.89. The Hall–Kier alpha value is -2.89. The van der Waals surface area contributed by atoms with Gasteiger partial charge in [0.25, 0.3) is 5.91 Å². The Morgan fingerprint density at radius 3 is 2.23 bits per heavy atom. The lowest BCUT2D eigenvalue weighted by molar-refractivity contribution is -0.144. The highest BCUT2D eigenvalue weighted by atomic mass is 16.6. The van der Waals surface area contributed by atoms with Crippen LogP contribution in [0.15, 0.2) is 48.5 Å². The Labute approximate surface area is 152 Å². The van der Waals surface area contributed by atoms with Gasteiger partial charge >= 0.3 is 0 Å². The van der Waals surface area contributed by atoms with Crippen LogP contribution in [-0.2, 0) is 4.79 Å². The fourth-order valence-electron chi connectivity index (χ4n) is 3.42. The maximum Gasteiger partial charge on any atom is 0.267 e. The van der Waals surface area contributed by atoms with Gasteiger partial charge in [-0.25, -0.2) is 0 Å². The summed E-state index contributed by atoms with van der Waals surface area (Å²) in [6.07, 6.45) is -0.947. The molecular formula is C20H22N2O4. The van der Waals surface area contributed by atoms with Gasteiger partial charge in [-0.1, -0.05) is 12.1 Å². The number of fused-ring (bicyclic) bond motifs is 1. The van der Waals surface area contributed by atoms with E-state index in [2.05, 4.69) is 4.90 Å². The average Bonchev–Trinajstić information content (AvgIpc) is 2.68. The number of phenolic OH excluding ortho intramolecular Hbond substituents is 1. The molecule has 1 fully saturated rings. The summed E-state index contributed by atoms with van der Waals surface area (Å²) in [5.74, 6) is 1.52. The second kappa shape index (κ2) is 6.78. The van der Waals surface area contributed by atoms with Crippen LogP contribution < -0.4 is 14.4 Å². The standard InChI is InChI=1S/C20H22N2O4/c1-14-19(26-18-5-3-2-4-17(18)25-14)20(24)22-12-10-21(11-13-22)15-6-8-16(23)9-7-15/h2-9,14,19,23H,10-13H2,1H3/t14-,19+/m1/s1. The molecule has 6 heteroatoms. The fourth-order valence-corrected chi connectivity index (χ4v) is 3.42. The Kier molecular flexibility index (Phi) is 4.32. The molecule has 2 aliphatic heterocycles. The van der Waals surface area contributed by atoms with Crippen LogP contribution in [0, 0.1) is 0 Å². The summed E-state index contributed by atoms with van der Waals surface area (Å²) in [5, 5.41) is 9.41. The van der Waals surface area contributed by atoms with Crippen LogP contribution in [0.25, 0.3) is 0 Å². The number of benzene rings is 2. The van der Waals surface area contributed by atoms with Crippen molar-refractivity contribution in [3.63, 3.8) is 0 Å². The number of ether oxygens (including phenoxy) is 2. The molecule has 0 bridgehead atoms. The smallest absolute Gasteiger partial charge is 0.267 e. The van der Waals surface area contributed by atoms with Crippen molar-refractivity contribution >= 4 is 11.6 Å². The quantitative estimate of drug-likeness (QED) is 0.896. The SMILES string of the molecule is C[C@H]1Oc2ccccc2O[C@@H]1C(=O)N1CCN(c2ccc(O)cc2)CC1. The van der Waals surface area contributed by atoms with Crippen LogP contribution in [-0.4, -0.2) is 54.3 Å². The van der Waals surface area contributed by atoms with E-state index in [0.717, 1.165) is 18.8 Å². The highest BCUT2D eigenvalue weighted by Gasteiger charge is 2.37. The minimum atomic E-state index is -0.620. The Balaban J connectivity index is 1.40. The van der Waals surface area contributed by atoms with Gasteiger partial charge < -0.3 is 24.4 Å². The van der Waals surface area contributed by atoms with E-state index in [0.29, 0.717) is 24.6 Å². The van der Waals surface area contributed by atoms with Gasteiger partial charge in [-0.15, -0.1) is 0 Å². The first-order valence-electron chi connectivity index (χ1n) is 8.87. The zero-order chi connectivity index (χ0) is 18.1. The van der Waals surface area contributed by atoms with E-state index in [-0.39, 0.29) is 17.8 Å². The molecule has 0 aromatic heterocycles. The zero-order valence-corrected chi connectivity index (χ0v) is 14.7. The maximum atomic E-state index is 12.9. The molecule has 6 nitrogen and oxygen atoms in total. The molecule has 1 saturated heterocycles. The molecular weight excluding hydrogens is 332 g/mol. The van der Waals surface area contributed by atoms with E-state index in [9.17, 15) is 9.90 Å². The summed E-state index contributed by atoms with van der Waals surface area (Å²) in [6.45, 7) is 4.62. The van der Waals surface area contributed by atoms with Crippen molar-refractivity contribution in [3.05, 3.63) is 48.5 Å². The van der Waals surface area contributed by atoms with Crippen LogP contribution >= 0.6 is 0 Å². The number of carbonyl (C=O) groups excluding carboxylic acids is 1. The molecule has 0 spiro atoms. The minimum absolute atomic E-state index is 0.0302. The van der Waals surface area contributed by atoms with E-state index in [1.807, 2.05) is 48.2 Å². The molecule has 0 radical (unpaired) electrons. The van der Waals surface area contributed by atoms with Crippen LogP contribution in [0.4, 0.5) is 5.69 Å². The number of amides is 1. The number of para-hydroxylation sites is 2. The summed E-state index contributed by atoms with van der Waals surface area (Å²) < 4.78 is 11.8. The van der Waals surface area contributed by atoms with Crippen molar-refractivity contribution in [2.24, 2.45) is 0 Å². The number of piperazine rings is 1. The second-order valence-electron chi connectivity index (χ2n) is 6.64. The number of aromatic hydroxyl groups is 1. The number of anilines is 1. The van der Waals surface area contributed by atoms with Gasteiger partial charge in [0.05, 0.1) is 0 Å². The minimum Gasteiger partial charge on any atom is -0.508 e. The normalized spacial score (nSPS) is 22.2. The molecule has 2 aromatic rings. The molecule has 4 rings (SSSR count). The Morgan fingerprint density at radius 2 is 1.58 bits per heavy atom. The molecule has 2 aliphatic rings. The van der Waals surface area contributed by atoms with Crippen LogP contribution in [0.1, 0.15) is 6.92 Å². The molecule has 1 amide bonds. The third kappa shape index (κ3) is 3.14. The molecule has 2 aromatic carbocycles. The number of nitrogens with zero attached hydrogens (tertiary/aromatic N) is 2. The summed E-state index contributed by atoms with van der Waals surface area (Å²) in [5.41, 5.74) is 1.05. The predicted octanol–water partition coefficient (Wildman–Crippen LogP) is 2.27. The molecule has 2 atom stereocenters. The van der Waals surface area contributed by atoms with Crippen molar-refractivity contribution in [1.82, 2.24) is 4.90 Å². The zero-order valence-electron chi connectivity index (χ0n) is 14.7. The molecule has 2 heterocycles.